The normalized spacial score (nSPS) is 21.8. The highest BCUT2D eigenvalue weighted by Gasteiger charge is 2.59. The van der Waals surface area contributed by atoms with E-state index in [9.17, 15) is 20.4 Å². The predicted molar refractivity (Wildman–Crippen MR) is 194 cm³/mol. The van der Waals surface area contributed by atoms with Gasteiger partial charge < -0.3 is 29.9 Å². The Morgan fingerprint density at radius 1 is 0.571 bits per heavy atom. The summed E-state index contributed by atoms with van der Waals surface area (Å²) in [5.41, 5.74) is 4.84. The zero-order valence-electron chi connectivity index (χ0n) is 31.4. The van der Waals surface area contributed by atoms with Gasteiger partial charge in [-0.05, 0) is 58.1 Å². The summed E-state index contributed by atoms with van der Waals surface area (Å²) >= 11 is 0. The van der Waals surface area contributed by atoms with Crippen LogP contribution in [-0.2, 0) is 38.8 Å². The van der Waals surface area contributed by atoms with Gasteiger partial charge in [-0.25, -0.2) is 0 Å². The second kappa shape index (κ2) is 14.9. The third-order valence-electron chi connectivity index (χ3n) is 11.6. The summed E-state index contributed by atoms with van der Waals surface area (Å²) in [6, 6.07) is 3.57. The van der Waals surface area contributed by atoms with Gasteiger partial charge >= 0.3 is 0 Å². The van der Waals surface area contributed by atoms with Gasteiger partial charge in [0.1, 0.15) is 0 Å². The van der Waals surface area contributed by atoms with Crippen molar-refractivity contribution in [3.63, 3.8) is 0 Å². The molecule has 2 aliphatic heterocycles. The molecule has 2 fully saturated rings. The number of phenols is 4. The molecule has 0 bridgehead atoms. The van der Waals surface area contributed by atoms with E-state index >= 15 is 0 Å². The number of nitrogens with zero attached hydrogens (tertiary/aromatic N) is 4. The fraction of sp³-hybridized carbons (Fsp3) is 0.692. The van der Waals surface area contributed by atoms with E-state index in [0.717, 1.165) is 112 Å². The van der Waals surface area contributed by atoms with Crippen LogP contribution in [0.5, 0.6) is 23.0 Å². The highest BCUT2D eigenvalue weighted by molar-refractivity contribution is 5.70. The molecule has 2 heterocycles. The first-order chi connectivity index (χ1) is 23.3. The monoisotopic (exact) mass is 682 g/mol. The Morgan fingerprint density at radius 2 is 0.898 bits per heavy atom. The SMILES string of the molecule is CC.COCCN1CCN(Cc2c(O)c(O)cc3c2C2(CC3(C)C)CC(C)(C)c3cc(O)c(O)c(CN4CCN(CCOC)CC4)c32)CC1. The Balaban J connectivity index is 0.00000230. The molecule has 0 amide bonds. The number of fused-ring (bicyclic) bond motifs is 4. The molecule has 10 nitrogen and oxygen atoms in total. The van der Waals surface area contributed by atoms with Gasteiger partial charge in [-0.1, -0.05) is 41.5 Å². The molecule has 0 saturated carbocycles. The van der Waals surface area contributed by atoms with Crippen molar-refractivity contribution < 1.29 is 29.9 Å². The molecule has 10 heteroatoms. The van der Waals surface area contributed by atoms with Gasteiger partial charge in [-0.3, -0.25) is 19.6 Å². The lowest BCUT2D eigenvalue weighted by molar-refractivity contribution is 0.0928. The summed E-state index contributed by atoms with van der Waals surface area (Å²) in [5, 5.41) is 45.6. The Morgan fingerprint density at radius 3 is 1.22 bits per heavy atom. The van der Waals surface area contributed by atoms with Crippen LogP contribution in [0.1, 0.15) is 87.8 Å². The van der Waals surface area contributed by atoms with E-state index in [1.165, 1.54) is 0 Å². The first-order valence-electron chi connectivity index (χ1n) is 18.4. The van der Waals surface area contributed by atoms with E-state index in [-0.39, 0.29) is 33.8 Å². The number of methoxy groups -OCH3 is 2. The molecule has 0 radical (unpaired) electrons. The fourth-order valence-corrected chi connectivity index (χ4v) is 9.36. The molecular weight excluding hydrogens is 620 g/mol. The molecule has 2 aliphatic carbocycles. The largest absolute Gasteiger partial charge is 0.504 e. The Bertz CT molecular complexity index is 1350. The molecular formula is C39H62N4O6. The van der Waals surface area contributed by atoms with E-state index < -0.39 is 5.41 Å². The number of benzene rings is 2. The van der Waals surface area contributed by atoms with Crippen molar-refractivity contribution in [1.82, 2.24) is 19.6 Å². The summed E-state index contributed by atoms with van der Waals surface area (Å²) in [7, 11) is 3.47. The average Bonchev–Trinajstić information content (AvgIpc) is 3.43. The maximum atomic E-state index is 11.7. The first-order valence-corrected chi connectivity index (χ1v) is 18.4. The quantitative estimate of drug-likeness (QED) is 0.263. The second-order valence-electron chi connectivity index (χ2n) is 15.7. The molecule has 4 aliphatic rings. The van der Waals surface area contributed by atoms with Crippen LogP contribution in [-0.4, -0.2) is 133 Å². The smallest absolute Gasteiger partial charge is 0.162 e. The lowest BCUT2D eigenvalue weighted by Crippen LogP contribution is -2.47. The molecule has 0 unspecified atom stereocenters. The van der Waals surface area contributed by atoms with Gasteiger partial charge in [0.15, 0.2) is 23.0 Å². The molecule has 6 rings (SSSR count). The summed E-state index contributed by atoms with van der Waals surface area (Å²) in [6.45, 7) is 24.4. The van der Waals surface area contributed by atoms with Crippen molar-refractivity contribution in [2.45, 2.75) is 83.7 Å². The number of aromatic hydroxyl groups is 4. The lowest BCUT2D eigenvalue weighted by Gasteiger charge is -2.38. The number of hydrogen-bond acceptors (Lipinski definition) is 10. The molecule has 2 saturated heterocycles. The highest BCUT2D eigenvalue weighted by atomic mass is 16.5. The highest BCUT2D eigenvalue weighted by Crippen LogP contribution is 2.67. The predicted octanol–water partition coefficient (Wildman–Crippen LogP) is 4.71. The van der Waals surface area contributed by atoms with Gasteiger partial charge in [0.05, 0.1) is 13.2 Å². The number of phenolic OH excluding ortho intramolecular Hbond substituents is 4. The van der Waals surface area contributed by atoms with Crippen LogP contribution in [0.4, 0.5) is 0 Å². The first kappa shape index (κ1) is 37.7. The van der Waals surface area contributed by atoms with Crippen LogP contribution in [0.15, 0.2) is 12.1 Å². The van der Waals surface area contributed by atoms with Gasteiger partial charge in [-0.15, -0.1) is 0 Å². The van der Waals surface area contributed by atoms with Crippen LogP contribution in [0.3, 0.4) is 0 Å². The van der Waals surface area contributed by atoms with E-state index in [1.807, 2.05) is 13.8 Å². The van der Waals surface area contributed by atoms with E-state index in [1.54, 1.807) is 26.4 Å². The summed E-state index contributed by atoms with van der Waals surface area (Å²) in [6.07, 6.45) is 1.57. The van der Waals surface area contributed by atoms with Crippen molar-refractivity contribution in [3.05, 3.63) is 45.5 Å². The van der Waals surface area contributed by atoms with Gasteiger partial charge in [0.2, 0.25) is 0 Å². The van der Waals surface area contributed by atoms with Crippen molar-refractivity contribution in [1.29, 1.82) is 0 Å². The molecule has 49 heavy (non-hydrogen) atoms. The zero-order valence-corrected chi connectivity index (χ0v) is 31.4. The van der Waals surface area contributed by atoms with Crippen molar-refractivity contribution >= 4 is 0 Å². The van der Waals surface area contributed by atoms with E-state index in [4.69, 9.17) is 9.47 Å². The van der Waals surface area contributed by atoms with Gasteiger partial charge in [-0.2, -0.15) is 0 Å². The minimum Gasteiger partial charge on any atom is -0.504 e. The van der Waals surface area contributed by atoms with Crippen molar-refractivity contribution in [2.24, 2.45) is 0 Å². The number of rotatable bonds is 10. The number of hydrogen-bond donors (Lipinski definition) is 4. The Kier molecular flexibility index (Phi) is 11.5. The number of ether oxygens (including phenoxy) is 2. The van der Waals surface area contributed by atoms with Crippen LogP contribution in [0.25, 0.3) is 0 Å². The van der Waals surface area contributed by atoms with Crippen molar-refractivity contribution in [3.8, 4) is 23.0 Å². The minimum absolute atomic E-state index is 0.0365. The van der Waals surface area contributed by atoms with Gasteiger partial charge in [0, 0.05) is 109 Å². The maximum absolute atomic E-state index is 11.7. The van der Waals surface area contributed by atoms with E-state index in [0.29, 0.717) is 26.3 Å². The maximum Gasteiger partial charge on any atom is 0.162 e. The molecule has 0 atom stereocenters. The third-order valence-corrected chi connectivity index (χ3v) is 11.6. The van der Waals surface area contributed by atoms with Crippen LogP contribution in [0.2, 0.25) is 0 Å². The molecule has 0 aromatic heterocycles. The van der Waals surface area contributed by atoms with Crippen molar-refractivity contribution in [2.75, 3.05) is 92.9 Å². The van der Waals surface area contributed by atoms with Crippen LogP contribution < -0.4 is 0 Å². The molecule has 274 valence electrons. The minimum atomic E-state index is -0.501. The number of piperazine rings is 2. The second-order valence-corrected chi connectivity index (χ2v) is 15.7. The third kappa shape index (κ3) is 7.14. The Hall–Kier alpha value is -2.60. The van der Waals surface area contributed by atoms with E-state index in [2.05, 4.69) is 47.3 Å². The molecule has 4 N–H and O–H groups in total. The topological polar surface area (TPSA) is 112 Å². The molecule has 2 aromatic carbocycles. The Labute approximate surface area is 294 Å². The zero-order chi connectivity index (χ0) is 35.7. The van der Waals surface area contributed by atoms with Gasteiger partial charge in [0.25, 0.3) is 0 Å². The fourth-order valence-electron chi connectivity index (χ4n) is 9.36. The summed E-state index contributed by atoms with van der Waals surface area (Å²) in [4.78, 5) is 9.59. The molecule has 1 spiro atoms. The summed E-state index contributed by atoms with van der Waals surface area (Å²) < 4.78 is 10.6. The van der Waals surface area contributed by atoms with Crippen LogP contribution >= 0.6 is 0 Å². The molecule has 2 aromatic rings. The average molecular weight is 683 g/mol. The van der Waals surface area contributed by atoms with Crippen LogP contribution in [0, 0.1) is 0 Å². The lowest BCUT2D eigenvalue weighted by atomic mass is 9.70. The standard InChI is InChI=1S/C37H56N4O6.C2H6/c1-35(2)23-37(31-25(33(44)29(42)19-27(31)35)21-40-11-7-38(8-12-40)15-17-46-5)24-36(3,4)28-20-30(43)34(45)26(32(28)37)22-41-13-9-39(10-14-41)16-18-47-6;1-2/h19-20,42-45H,7-18,21-24H2,1-6H3;1-2H3. The summed E-state index contributed by atoms with van der Waals surface area (Å²) in [5.74, 6) is -0.211.